The average Bonchev–Trinajstić information content (AvgIpc) is 3.28. The molecule has 0 aromatic rings. The number of allylic oxidation sites excluding steroid dienone is 10. The van der Waals surface area contributed by atoms with Crippen molar-refractivity contribution in [1.82, 2.24) is 0 Å². The Hall–Kier alpha value is -2.82. The molecule has 0 rings (SSSR count). The number of hydrogen-bond donors (Lipinski definition) is 3. The third-order valence-electron chi connectivity index (χ3n) is 11.0. The van der Waals surface area contributed by atoms with Crippen molar-refractivity contribution >= 4 is 25.7 Å². The fourth-order valence-corrected chi connectivity index (χ4v) is 7.77. The largest absolute Gasteiger partial charge is 0.480 e. The Morgan fingerprint density at radius 3 is 1.31 bits per heavy atom. The Bertz CT molecular complexity index is 1330. The lowest BCUT2D eigenvalue weighted by Crippen LogP contribution is -2.34. The molecule has 4 N–H and O–H groups in total. The summed E-state index contributed by atoms with van der Waals surface area (Å²) in [4.78, 5) is 46.2. The normalized spacial score (nSPS) is 14.0. The Morgan fingerprint density at radius 1 is 0.492 bits per heavy atom. The summed E-state index contributed by atoms with van der Waals surface area (Å²) in [5.41, 5.74) is 5.35. The lowest BCUT2D eigenvalue weighted by atomic mass is 10.0. The maximum absolute atomic E-state index is 12.7. The van der Waals surface area contributed by atoms with Crippen molar-refractivity contribution in [2.24, 2.45) is 5.73 Å². The van der Waals surface area contributed by atoms with E-state index in [1.54, 1.807) is 0 Å². The van der Waals surface area contributed by atoms with E-state index in [4.69, 9.17) is 24.8 Å². The summed E-state index contributed by atoms with van der Waals surface area (Å²) >= 11 is 0. The maximum atomic E-state index is 12.7. The predicted octanol–water partition coefficient (Wildman–Crippen LogP) is 14.7. The van der Waals surface area contributed by atoms with E-state index in [2.05, 4.69) is 79.1 Å². The number of carboxylic acid groups (broad SMARTS) is 1. The summed E-state index contributed by atoms with van der Waals surface area (Å²) in [6, 6.07) is -1.53. The highest BCUT2D eigenvalue weighted by molar-refractivity contribution is 7.47. The van der Waals surface area contributed by atoms with Crippen molar-refractivity contribution < 1.29 is 47.5 Å². The number of rotatable bonds is 48. The van der Waals surface area contributed by atoms with Gasteiger partial charge < -0.3 is 25.2 Å². The van der Waals surface area contributed by atoms with Crippen LogP contribution in [-0.2, 0) is 37.5 Å². The zero-order chi connectivity index (χ0) is 47.7. The van der Waals surface area contributed by atoms with Gasteiger partial charge in [-0.1, -0.05) is 197 Å². The van der Waals surface area contributed by atoms with Gasteiger partial charge in [-0.25, -0.2) is 4.57 Å². The van der Waals surface area contributed by atoms with Crippen LogP contribution in [0.25, 0.3) is 0 Å². The number of carboxylic acids is 1. The van der Waals surface area contributed by atoms with Gasteiger partial charge >= 0.3 is 25.7 Å². The van der Waals surface area contributed by atoms with Crippen LogP contribution >= 0.6 is 7.82 Å². The molecule has 0 saturated heterocycles. The summed E-state index contributed by atoms with van der Waals surface area (Å²) in [6.07, 6.45) is 57.1. The molecule has 376 valence electrons. The third kappa shape index (κ3) is 47.5. The summed E-state index contributed by atoms with van der Waals surface area (Å²) in [5.74, 6) is -2.39. The topological polar surface area (TPSA) is 172 Å². The van der Waals surface area contributed by atoms with Gasteiger partial charge in [0, 0.05) is 12.8 Å². The molecule has 0 aliphatic rings. The first kappa shape index (κ1) is 62.2. The van der Waals surface area contributed by atoms with E-state index in [1.165, 1.54) is 109 Å². The fraction of sp³-hybridized carbons (Fsp3) is 0.755. The minimum Gasteiger partial charge on any atom is -0.480 e. The van der Waals surface area contributed by atoms with Crippen LogP contribution in [0.15, 0.2) is 60.8 Å². The smallest absolute Gasteiger partial charge is 0.472 e. The summed E-state index contributed by atoms with van der Waals surface area (Å²) < 4.78 is 32.9. The van der Waals surface area contributed by atoms with Gasteiger partial charge in [-0.3, -0.25) is 23.4 Å². The van der Waals surface area contributed by atoms with Gasteiger partial charge in [-0.05, 0) is 77.0 Å². The number of unbranched alkanes of at least 4 members (excludes halogenated alkanes) is 24. The molecule has 0 aromatic heterocycles. The third-order valence-corrected chi connectivity index (χ3v) is 12.0. The summed E-state index contributed by atoms with van der Waals surface area (Å²) in [5, 5.41) is 8.92. The minimum atomic E-state index is -4.73. The number of carbonyl (C=O) groups excluding carboxylic acids is 2. The molecule has 0 aliphatic carbocycles. The van der Waals surface area contributed by atoms with Crippen LogP contribution < -0.4 is 5.73 Å². The first-order valence-corrected chi connectivity index (χ1v) is 27.3. The second kappa shape index (κ2) is 47.7. The van der Waals surface area contributed by atoms with Crippen molar-refractivity contribution in [3.05, 3.63) is 60.8 Å². The first-order valence-electron chi connectivity index (χ1n) is 25.8. The Kier molecular flexibility index (Phi) is 45.6. The van der Waals surface area contributed by atoms with Gasteiger partial charge in [0.05, 0.1) is 13.2 Å². The van der Waals surface area contributed by atoms with E-state index >= 15 is 0 Å². The number of hydrogen-bond acceptors (Lipinski definition) is 9. The van der Waals surface area contributed by atoms with Crippen LogP contribution in [0.4, 0.5) is 0 Å². The van der Waals surface area contributed by atoms with E-state index in [0.717, 1.165) is 77.0 Å². The van der Waals surface area contributed by atoms with Crippen LogP contribution in [0.1, 0.15) is 226 Å². The fourth-order valence-electron chi connectivity index (χ4n) is 6.99. The van der Waals surface area contributed by atoms with Gasteiger partial charge in [0.15, 0.2) is 6.10 Å². The molecular formula is C53H94NO10P. The average molecular weight is 936 g/mol. The zero-order valence-electron chi connectivity index (χ0n) is 41.1. The Morgan fingerprint density at radius 2 is 0.862 bits per heavy atom. The maximum Gasteiger partial charge on any atom is 0.472 e. The lowest BCUT2D eigenvalue weighted by Gasteiger charge is -2.20. The monoisotopic (exact) mass is 936 g/mol. The van der Waals surface area contributed by atoms with Crippen molar-refractivity contribution in [2.75, 3.05) is 19.8 Å². The van der Waals surface area contributed by atoms with Crippen LogP contribution in [0.5, 0.6) is 0 Å². The first-order chi connectivity index (χ1) is 31.6. The van der Waals surface area contributed by atoms with E-state index in [-0.39, 0.29) is 19.4 Å². The van der Waals surface area contributed by atoms with Gasteiger partial charge in [-0.2, -0.15) is 0 Å². The highest BCUT2D eigenvalue weighted by Gasteiger charge is 2.28. The van der Waals surface area contributed by atoms with E-state index in [9.17, 15) is 23.8 Å². The lowest BCUT2D eigenvalue weighted by molar-refractivity contribution is -0.161. The molecule has 0 heterocycles. The quantitative estimate of drug-likeness (QED) is 0.0229. The van der Waals surface area contributed by atoms with Gasteiger partial charge in [0.25, 0.3) is 0 Å². The zero-order valence-corrected chi connectivity index (χ0v) is 42.0. The number of carbonyl (C=O) groups is 3. The van der Waals surface area contributed by atoms with Gasteiger partial charge in [0.2, 0.25) is 0 Å². The molecule has 0 aromatic carbocycles. The Labute approximate surface area is 396 Å². The standard InChI is InChI=1S/C53H94NO10P/c1-3-5-7-9-11-13-15-17-19-21-23-24-25-26-27-29-31-33-35-37-39-41-43-45-52(56)64-49(47-62-65(59,60)63-48-50(54)53(57)58)46-61-51(55)44-42-40-38-36-34-32-30-28-22-20-18-16-14-12-10-8-6-4-2/h5,7,11,13,17,19-20,22-24,49-50H,3-4,6,8-10,12,14-16,18,21,25-48,54H2,1-2H3,(H,57,58)(H,59,60)/b7-5-,13-11-,19-17-,22-20-,24-23-. The second-order valence-electron chi connectivity index (χ2n) is 17.3. The predicted molar refractivity (Wildman–Crippen MR) is 268 cm³/mol. The molecule has 12 heteroatoms. The molecule has 0 amide bonds. The molecule has 0 radical (unpaired) electrons. The molecule has 0 aliphatic heterocycles. The highest BCUT2D eigenvalue weighted by Crippen LogP contribution is 2.43. The van der Waals surface area contributed by atoms with Crippen LogP contribution in [-0.4, -0.2) is 59.9 Å². The van der Waals surface area contributed by atoms with Gasteiger partial charge in [-0.15, -0.1) is 0 Å². The van der Waals surface area contributed by atoms with Crippen molar-refractivity contribution in [2.45, 2.75) is 238 Å². The number of esters is 2. The number of aliphatic carboxylic acids is 1. The van der Waals surface area contributed by atoms with E-state index in [1.807, 2.05) is 0 Å². The van der Waals surface area contributed by atoms with Crippen molar-refractivity contribution in [1.29, 1.82) is 0 Å². The molecule has 0 fully saturated rings. The molecular weight excluding hydrogens is 842 g/mol. The summed E-state index contributed by atoms with van der Waals surface area (Å²) in [7, 11) is -4.73. The van der Waals surface area contributed by atoms with Crippen LogP contribution in [0, 0.1) is 0 Å². The molecule has 0 saturated carbocycles. The SMILES string of the molecule is CC/C=C\C/C=C\C/C=C\C/C=C\CCCCCCCCCCCCC(=O)OC(COC(=O)CCCCCCCCC/C=C\CCCCCCCCC)COP(=O)(O)OCC(N)C(=O)O. The molecule has 3 atom stereocenters. The second-order valence-corrected chi connectivity index (χ2v) is 18.7. The number of phosphoric acid groups is 1. The number of ether oxygens (including phenoxy) is 2. The Balaban J connectivity index is 4.25. The van der Waals surface area contributed by atoms with E-state index in [0.29, 0.717) is 12.8 Å². The minimum absolute atomic E-state index is 0.153. The van der Waals surface area contributed by atoms with Crippen LogP contribution in [0.3, 0.4) is 0 Å². The molecule has 11 nitrogen and oxygen atoms in total. The highest BCUT2D eigenvalue weighted by atomic mass is 31.2. The van der Waals surface area contributed by atoms with E-state index < -0.39 is 51.1 Å². The summed E-state index contributed by atoms with van der Waals surface area (Å²) in [6.45, 7) is 2.71. The molecule has 65 heavy (non-hydrogen) atoms. The van der Waals surface area contributed by atoms with Gasteiger partial charge in [0.1, 0.15) is 12.6 Å². The van der Waals surface area contributed by atoms with Crippen molar-refractivity contribution in [3.8, 4) is 0 Å². The molecule has 0 spiro atoms. The van der Waals surface area contributed by atoms with Crippen LogP contribution in [0.2, 0.25) is 0 Å². The number of nitrogens with two attached hydrogens (primary N) is 1. The molecule has 3 unspecified atom stereocenters. The molecule has 0 bridgehead atoms. The number of phosphoric ester groups is 1. The van der Waals surface area contributed by atoms with Crippen molar-refractivity contribution in [3.63, 3.8) is 0 Å².